The fourth-order valence-electron chi connectivity index (χ4n) is 1.15. The number of hydrogen-bond donors (Lipinski definition) is 2. The van der Waals surface area contributed by atoms with Gasteiger partial charge in [0.25, 0.3) is 0 Å². The van der Waals surface area contributed by atoms with E-state index in [1.807, 2.05) is 18.2 Å². The van der Waals surface area contributed by atoms with E-state index in [0.29, 0.717) is 5.11 Å². The average Bonchev–Trinajstić information content (AvgIpc) is 2.27. The van der Waals surface area contributed by atoms with E-state index < -0.39 is 0 Å². The first-order valence-electron chi connectivity index (χ1n) is 4.95. The Kier molecular flexibility index (Phi) is 5.50. The van der Waals surface area contributed by atoms with Gasteiger partial charge in [-0.25, -0.2) is 0 Å². The van der Waals surface area contributed by atoms with Crippen molar-refractivity contribution in [2.45, 2.75) is 18.2 Å². The summed E-state index contributed by atoms with van der Waals surface area (Å²) >= 11 is 6.89. The van der Waals surface area contributed by atoms with Crippen molar-refractivity contribution in [2.75, 3.05) is 18.1 Å². The second-order valence-corrected chi connectivity index (χ2v) is 4.34. The molecule has 0 saturated heterocycles. The van der Waals surface area contributed by atoms with Crippen molar-refractivity contribution < 1.29 is 0 Å². The van der Waals surface area contributed by atoms with Gasteiger partial charge in [-0.2, -0.15) is 0 Å². The largest absolute Gasteiger partial charge is 0.362 e. The van der Waals surface area contributed by atoms with Gasteiger partial charge in [-0.05, 0) is 37.0 Å². The lowest BCUT2D eigenvalue weighted by Crippen LogP contribution is -2.29. The van der Waals surface area contributed by atoms with Gasteiger partial charge in [0.1, 0.15) is 0 Å². The molecular formula is C11H16N2S2. The Balaban J connectivity index is 2.59. The molecular weight excluding hydrogens is 224 g/mol. The van der Waals surface area contributed by atoms with E-state index in [9.17, 15) is 0 Å². The first kappa shape index (κ1) is 12.3. The summed E-state index contributed by atoms with van der Waals surface area (Å²) in [6.07, 6.45) is 3.13. The van der Waals surface area contributed by atoms with E-state index in [4.69, 9.17) is 12.2 Å². The van der Waals surface area contributed by atoms with E-state index in [1.54, 1.807) is 11.8 Å². The Morgan fingerprint density at radius 1 is 1.40 bits per heavy atom. The van der Waals surface area contributed by atoms with Gasteiger partial charge in [0.2, 0.25) is 0 Å². The third-order valence-electron chi connectivity index (χ3n) is 1.89. The minimum absolute atomic E-state index is 0.693. The van der Waals surface area contributed by atoms with E-state index in [1.165, 1.54) is 4.90 Å². The molecule has 0 amide bonds. The van der Waals surface area contributed by atoms with E-state index in [-0.39, 0.29) is 0 Å². The highest BCUT2D eigenvalue weighted by Gasteiger charge is 2.01. The minimum atomic E-state index is 0.693. The van der Waals surface area contributed by atoms with Crippen LogP contribution in [0.1, 0.15) is 13.3 Å². The predicted octanol–water partition coefficient (Wildman–Crippen LogP) is 3.10. The third kappa shape index (κ3) is 4.10. The van der Waals surface area contributed by atoms with E-state index in [0.717, 1.165) is 18.7 Å². The average molecular weight is 240 g/mol. The molecule has 1 aromatic carbocycles. The molecule has 15 heavy (non-hydrogen) atoms. The summed E-state index contributed by atoms with van der Waals surface area (Å²) in [6.45, 7) is 3.03. The van der Waals surface area contributed by atoms with Crippen LogP contribution in [0.3, 0.4) is 0 Å². The quantitative estimate of drug-likeness (QED) is 0.624. The van der Waals surface area contributed by atoms with Gasteiger partial charge in [-0.3, -0.25) is 0 Å². The van der Waals surface area contributed by atoms with Gasteiger partial charge < -0.3 is 10.6 Å². The van der Waals surface area contributed by atoms with Gasteiger partial charge in [0.15, 0.2) is 5.11 Å². The van der Waals surface area contributed by atoms with Crippen LogP contribution in [0.25, 0.3) is 0 Å². The molecule has 0 heterocycles. The van der Waals surface area contributed by atoms with Crippen LogP contribution in [0.15, 0.2) is 29.2 Å². The predicted molar refractivity (Wildman–Crippen MR) is 72.7 cm³/mol. The van der Waals surface area contributed by atoms with Gasteiger partial charge in [0.05, 0.1) is 5.69 Å². The molecule has 0 fully saturated rings. The summed E-state index contributed by atoms with van der Waals surface area (Å²) in [6, 6.07) is 8.14. The number of anilines is 1. The van der Waals surface area contributed by atoms with Crippen LogP contribution in [0.4, 0.5) is 5.69 Å². The van der Waals surface area contributed by atoms with Crippen molar-refractivity contribution in [1.82, 2.24) is 5.32 Å². The van der Waals surface area contributed by atoms with Crippen molar-refractivity contribution in [3.05, 3.63) is 24.3 Å². The maximum Gasteiger partial charge on any atom is 0.170 e. The Hall–Kier alpha value is -0.740. The Morgan fingerprint density at radius 3 is 2.80 bits per heavy atom. The smallest absolute Gasteiger partial charge is 0.170 e. The lowest BCUT2D eigenvalue weighted by molar-refractivity contribution is 0.846. The molecule has 2 nitrogen and oxygen atoms in total. The minimum Gasteiger partial charge on any atom is -0.362 e. The summed E-state index contributed by atoms with van der Waals surface area (Å²) < 4.78 is 0. The maximum absolute atomic E-state index is 5.18. The van der Waals surface area contributed by atoms with Gasteiger partial charge >= 0.3 is 0 Å². The van der Waals surface area contributed by atoms with Crippen molar-refractivity contribution in [2.24, 2.45) is 0 Å². The van der Waals surface area contributed by atoms with Crippen LogP contribution in [0, 0.1) is 0 Å². The number of thiocarbonyl (C=S) groups is 1. The molecule has 2 N–H and O–H groups in total. The Morgan fingerprint density at radius 2 is 2.13 bits per heavy atom. The van der Waals surface area contributed by atoms with Crippen LogP contribution in [-0.4, -0.2) is 17.9 Å². The molecule has 0 bridgehead atoms. The molecule has 0 aromatic heterocycles. The zero-order valence-electron chi connectivity index (χ0n) is 9.04. The maximum atomic E-state index is 5.18. The zero-order chi connectivity index (χ0) is 11.1. The Labute approximate surface area is 101 Å². The summed E-state index contributed by atoms with van der Waals surface area (Å²) in [5, 5.41) is 7.03. The topological polar surface area (TPSA) is 24.1 Å². The fraction of sp³-hybridized carbons (Fsp3) is 0.364. The van der Waals surface area contributed by atoms with Crippen LogP contribution in [-0.2, 0) is 0 Å². The molecule has 0 radical (unpaired) electrons. The molecule has 4 heteroatoms. The second-order valence-electron chi connectivity index (χ2n) is 3.08. The molecule has 0 aliphatic heterocycles. The molecule has 0 aliphatic carbocycles. The van der Waals surface area contributed by atoms with Crippen LogP contribution in [0.5, 0.6) is 0 Å². The number of benzene rings is 1. The molecule has 1 rings (SSSR count). The van der Waals surface area contributed by atoms with Crippen molar-refractivity contribution in [3.63, 3.8) is 0 Å². The lowest BCUT2D eigenvalue weighted by Gasteiger charge is -2.12. The highest BCUT2D eigenvalue weighted by atomic mass is 32.2. The molecule has 0 aliphatic rings. The Bertz CT molecular complexity index is 326. The SMILES string of the molecule is CCCNC(=S)Nc1ccccc1SC. The molecule has 0 atom stereocenters. The van der Waals surface area contributed by atoms with Crippen LogP contribution < -0.4 is 10.6 Å². The number of rotatable bonds is 4. The molecule has 82 valence electrons. The van der Waals surface area contributed by atoms with Crippen molar-refractivity contribution >= 4 is 34.8 Å². The summed E-state index contributed by atoms with van der Waals surface area (Å²) in [7, 11) is 0. The molecule has 0 spiro atoms. The number of hydrogen-bond acceptors (Lipinski definition) is 2. The second kappa shape index (κ2) is 6.69. The summed E-state index contributed by atoms with van der Waals surface area (Å²) in [4.78, 5) is 1.21. The number of para-hydroxylation sites is 1. The summed E-state index contributed by atoms with van der Waals surface area (Å²) in [5.41, 5.74) is 1.07. The fourth-order valence-corrected chi connectivity index (χ4v) is 1.92. The van der Waals surface area contributed by atoms with Gasteiger partial charge in [-0.15, -0.1) is 11.8 Å². The monoisotopic (exact) mass is 240 g/mol. The summed E-state index contributed by atoms with van der Waals surface area (Å²) in [5.74, 6) is 0. The molecule has 1 aromatic rings. The van der Waals surface area contributed by atoms with E-state index >= 15 is 0 Å². The van der Waals surface area contributed by atoms with Gasteiger partial charge in [0, 0.05) is 11.4 Å². The molecule has 0 unspecified atom stereocenters. The standard InChI is InChI=1S/C11H16N2S2/c1-3-8-12-11(14)13-9-6-4-5-7-10(9)15-2/h4-7H,3,8H2,1-2H3,(H2,12,13,14). The lowest BCUT2D eigenvalue weighted by atomic mass is 10.3. The van der Waals surface area contributed by atoms with Crippen molar-refractivity contribution in [1.29, 1.82) is 0 Å². The molecule has 0 saturated carbocycles. The highest BCUT2D eigenvalue weighted by Crippen LogP contribution is 2.24. The van der Waals surface area contributed by atoms with Crippen LogP contribution in [0.2, 0.25) is 0 Å². The number of thioether (sulfide) groups is 1. The highest BCUT2D eigenvalue weighted by molar-refractivity contribution is 7.98. The third-order valence-corrected chi connectivity index (χ3v) is 2.93. The van der Waals surface area contributed by atoms with E-state index in [2.05, 4.69) is 29.9 Å². The number of nitrogens with one attached hydrogen (secondary N) is 2. The van der Waals surface area contributed by atoms with Gasteiger partial charge in [-0.1, -0.05) is 19.1 Å². The normalized spacial score (nSPS) is 9.73. The zero-order valence-corrected chi connectivity index (χ0v) is 10.7. The van der Waals surface area contributed by atoms with Crippen LogP contribution >= 0.6 is 24.0 Å². The first-order valence-corrected chi connectivity index (χ1v) is 6.59. The first-order chi connectivity index (χ1) is 7.27. The van der Waals surface area contributed by atoms with Crippen molar-refractivity contribution in [3.8, 4) is 0 Å².